The van der Waals surface area contributed by atoms with Gasteiger partial charge in [0.2, 0.25) is 5.91 Å². The molecule has 1 aliphatic rings. The van der Waals surface area contributed by atoms with E-state index in [1.165, 1.54) is 23.1 Å². The van der Waals surface area contributed by atoms with Crippen LogP contribution in [-0.4, -0.2) is 12.5 Å². The molecule has 0 aliphatic carbocycles. The maximum atomic E-state index is 13.1. The van der Waals surface area contributed by atoms with E-state index in [0.29, 0.717) is 23.7 Å². The van der Waals surface area contributed by atoms with E-state index < -0.39 is 5.82 Å². The van der Waals surface area contributed by atoms with Crippen molar-refractivity contribution < 1.29 is 9.18 Å². The van der Waals surface area contributed by atoms with Gasteiger partial charge in [0.25, 0.3) is 0 Å². The Morgan fingerprint density at radius 3 is 2.94 bits per heavy atom. The van der Waals surface area contributed by atoms with E-state index in [2.05, 4.69) is 5.92 Å². The highest BCUT2D eigenvalue weighted by Gasteiger charge is 2.30. The Labute approximate surface area is 98.0 Å². The van der Waals surface area contributed by atoms with E-state index in [-0.39, 0.29) is 11.8 Å². The van der Waals surface area contributed by atoms with E-state index in [4.69, 9.17) is 18.0 Å². The SMILES string of the molecule is C#CC1CC(=O)N(c2cc(F)ccc2Cl)C1. The Morgan fingerprint density at radius 2 is 2.31 bits per heavy atom. The third-order valence-electron chi connectivity index (χ3n) is 2.56. The van der Waals surface area contributed by atoms with Crippen LogP contribution in [0.1, 0.15) is 6.42 Å². The number of halogens is 2. The van der Waals surface area contributed by atoms with Crippen LogP contribution < -0.4 is 4.90 Å². The van der Waals surface area contributed by atoms with Gasteiger partial charge in [0.05, 0.1) is 10.7 Å². The van der Waals surface area contributed by atoms with Crippen LogP contribution in [0, 0.1) is 24.1 Å². The second kappa shape index (κ2) is 4.15. The van der Waals surface area contributed by atoms with Crippen molar-refractivity contribution in [2.24, 2.45) is 5.92 Å². The topological polar surface area (TPSA) is 20.3 Å². The van der Waals surface area contributed by atoms with Gasteiger partial charge in [-0.15, -0.1) is 12.3 Å². The number of carbonyl (C=O) groups excluding carboxylic acids is 1. The van der Waals surface area contributed by atoms with Crippen molar-refractivity contribution in [3.05, 3.63) is 29.0 Å². The van der Waals surface area contributed by atoms with Crippen LogP contribution in [0.25, 0.3) is 0 Å². The number of carbonyl (C=O) groups is 1. The Bertz CT molecular complexity index is 480. The number of hydrogen-bond acceptors (Lipinski definition) is 1. The molecule has 1 heterocycles. The maximum absolute atomic E-state index is 13.1. The Balaban J connectivity index is 2.35. The fourth-order valence-corrected chi connectivity index (χ4v) is 1.96. The predicted octanol–water partition coefficient (Wildman–Crippen LogP) is 2.47. The smallest absolute Gasteiger partial charge is 0.228 e. The summed E-state index contributed by atoms with van der Waals surface area (Å²) >= 11 is 5.92. The Kier molecular flexibility index (Phi) is 2.84. The normalized spacial score (nSPS) is 19.9. The lowest BCUT2D eigenvalue weighted by Crippen LogP contribution is -2.24. The predicted molar refractivity (Wildman–Crippen MR) is 60.7 cm³/mol. The number of terminal acetylenes is 1. The molecular formula is C12H9ClFNO. The molecule has 2 rings (SSSR count). The molecule has 1 aliphatic heterocycles. The first-order valence-electron chi connectivity index (χ1n) is 4.83. The molecule has 16 heavy (non-hydrogen) atoms. The number of amides is 1. The molecule has 0 bridgehead atoms. The minimum atomic E-state index is -0.420. The highest BCUT2D eigenvalue weighted by atomic mass is 35.5. The van der Waals surface area contributed by atoms with Gasteiger partial charge in [-0.1, -0.05) is 11.6 Å². The quantitative estimate of drug-likeness (QED) is 0.687. The fourth-order valence-electron chi connectivity index (χ4n) is 1.74. The van der Waals surface area contributed by atoms with Crippen LogP contribution in [-0.2, 0) is 4.79 Å². The summed E-state index contributed by atoms with van der Waals surface area (Å²) in [6.45, 7) is 0.401. The van der Waals surface area contributed by atoms with E-state index in [9.17, 15) is 9.18 Å². The van der Waals surface area contributed by atoms with E-state index in [1.54, 1.807) is 0 Å². The van der Waals surface area contributed by atoms with Gasteiger partial charge in [0.15, 0.2) is 0 Å². The zero-order valence-electron chi connectivity index (χ0n) is 8.41. The lowest BCUT2D eigenvalue weighted by atomic mass is 10.1. The molecule has 1 aromatic carbocycles. The van der Waals surface area contributed by atoms with Crippen LogP contribution in [0.3, 0.4) is 0 Å². The van der Waals surface area contributed by atoms with Crippen molar-refractivity contribution in [1.82, 2.24) is 0 Å². The summed E-state index contributed by atoms with van der Waals surface area (Å²) in [5.41, 5.74) is 0.393. The van der Waals surface area contributed by atoms with E-state index in [0.717, 1.165) is 0 Å². The summed E-state index contributed by atoms with van der Waals surface area (Å²) in [4.78, 5) is 13.1. The summed E-state index contributed by atoms with van der Waals surface area (Å²) in [6.07, 6.45) is 5.56. The number of hydrogen-bond donors (Lipinski definition) is 0. The van der Waals surface area contributed by atoms with Gasteiger partial charge in [0, 0.05) is 18.9 Å². The molecule has 0 aromatic heterocycles. The molecule has 1 atom stereocenters. The van der Waals surface area contributed by atoms with Crippen LogP contribution in [0.15, 0.2) is 18.2 Å². The Hall–Kier alpha value is -1.53. The summed E-state index contributed by atoms with van der Waals surface area (Å²) < 4.78 is 13.1. The van der Waals surface area contributed by atoms with Crippen molar-refractivity contribution in [1.29, 1.82) is 0 Å². The largest absolute Gasteiger partial charge is 0.310 e. The second-order valence-corrected chi connectivity index (χ2v) is 4.07. The molecule has 0 saturated carbocycles. The zero-order chi connectivity index (χ0) is 11.7. The van der Waals surface area contributed by atoms with Crippen molar-refractivity contribution >= 4 is 23.2 Å². The van der Waals surface area contributed by atoms with Gasteiger partial charge in [0.1, 0.15) is 5.82 Å². The summed E-state index contributed by atoms with van der Waals surface area (Å²) in [5, 5.41) is 0.354. The van der Waals surface area contributed by atoms with Gasteiger partial charge in [-0.05, 0) is 18.2 Å². The zero-order valence-corrected chi connectivity index (χ0v) is 9.17. The van der Waals surface area contributed by atoms with Crippen LogP contribution in [0.2, 0.25) is 5.02 Å². The minimum Gasteiger partial charge on any atom is -0.310 e. The number of nitrogens with zero attached hydrogens (tertiary/aromatic N) is 1. The van der Waals surface area contributed by atoms with Crippen molar-refractivity contribution in [2.45, 2.75) is 6.42 Å². The standard InChI is InChI=1S/C12H9ClFNO/c1-2-8-5-12(16)15(7-8)11-6-9(14)3-4-10(11)13/h1,3-4,6,8H,5,7H2. The van der Waals surface area contributed by atoms with Crippen LogP contribution >= 0.6 is 11.6 Å². The third kappa shape index (κ3) is 1.89. The molecule has 1 aromatic rings. The number of anilines is 1. The van der Waals surface area contributed by atoms with Gasteiger partial charge in [-0.25, -0.2) is 4.39 Å². The molecule has 82 valence electrons. The summed E-state index contributed by atoms with van der Waals surface area (Å²) in [7, 11) is 0. The first-order valence-corrected chi connectivity index (χ1v) is 5.21. The molecule has 0 spiro atoms. The molecule has 0 N–H and O–H groups in total. The molecule has 1 fully saturated rings. The van der Waals surface area contributed by atoms with Crippen LogP contribution in [0.5, 0.6) is 0 Å². The minimum absolute atomic E-state index is 0.115. The van der Waals surface area contributed by atoms with Gasteiger partial charge in [-0.3, -0.25) is 4.79 Å². The molecule has 2 nitrogen and oxygen atoms in total. The molecule has 1 amide bonds. The highest BCUT2D eigenvalue weighted by molar-refractivity contribution is 6.33. The first-order chi connectivity index (χ1) is 7.61. The van der Waals surface area contributed by atoms with Gasteiger partial charge in [-0.2, -0.15) is 0 Å². The van der Waals surface area contributed by atoms with E-state index >= 15 is 0 Å². The molecular weight excluding hydrogens is 229 g/mol. The molecule has 1 saturated heterocycles. The lowest BCUT2D eigenvalue weighted by molar-refractivity contribution is -0.117. The molecule has 4 heteroatoms. The monoisotopic (exact) mass is 237 g/mol. The molecule has 0 radical (unpaired) electrons. The van der Waals surface area contributed by atoms with E-state index in [1.807, 2.05) is 0 Å². The average Bonchev–Trinajstić information content (AvgIpc) is 2.63. The second-order valence-electron chi connectivity index (χ2n) is 3.67. The first kappa shape index (κ1) is 11.0. The highest BCUT2D eigenvalue weighted by Crippen LogP contribution is 2.31. The van der Waals surface area contributed by atoms with Gasteiger partial charge < -0.3 is 4.90 Å². The Morgan fingerprint density at radius 1 is 1.56 bits per heavy atom. The number of benzene rings is 1. The fraction of sp³-hybridized carbons (Fsp3) is 0.250. The van der Waals surface area contributed by atoms with Crippen molar-refractivity contribution in [3.8, 4) is 12.3 Å². The maximum Gasteiger partial charge on any atom is 0.228 e. The summed E-state index contributed by atoms with van der Waals surface area (Å²) in [5.74, 6) is 1.87. The van der Waals surface area contributed by atoms with Crippen LogP contribution in [0.4, 0.5) is 10.1 Å². The van der Waals surface area contributed by atoms with Crippen molar-refractivity contribution in [3.63, 3.8) is 0 Å². The molecule has 1 unspecified atom stereocenters. The van der Waals surface area contributed by atoms with Crippen molar-refractivity contribution in [2.75, 3.05) is 11.4 Å². The number of rotatable bonds is 1. The van der Waals surface area contributed by atoms with Gasteiger partial charge >= 0.3 is 0 Å². The lowest BCUT2D eigenvalue weighted by Gasteiger charge is -2.17. The average molecular weight is 238 g/mol. The summed E-state index contributed by atoms with van der Waals surface area (Å²) in [6, 6.07) is 3.94. The third-order valence-corrected chi connectivity index (χ3v) is 2.88.